The molecule has 0 aliphatic carbocycles. The normalized spacial score (nSPS) is 17.4. The summed E-state index contributed by atoms with van der Waals surface area (Å²) in [4.78, 5) is 36.5. The highest BCUT2D eigenvalue weighted by Crippen LogP contribution is 2.29. The third-order valence-electron chi connectivity index (χ3n) is 8.76. The molecule has 0 saturated heterocycles. The molecule has 0 unspecified atom stereocenters. The molecule has 4 heterocycles. The third kappa shape index (κ3) is 7.02. The molecule has 6 nitrogen and oxygen atoms in total. The van der Waals surface area contributed by atoms with Gasteiger partial charge in [-0.25, -0.2) is 4.99 Å². The molecule has 3 N–H and O–H groups in total. The minimum Gasteiger partial charge on any atom is -0.355 e. The van der Waals surface area contributed by atoms with Gasteiger partial charge in [0.1, 0.15) is 0 Å². The monoisotopic (exact) mass is 622 g/mol. The van der Waals surface area contributed by atoms with Crippen LogP contribution in [0, 0.1) is 13.8 Å². The van der Waals surface area contributed by atoms with E-state index >= 15 is 0 Å². The molecule has 0 fully saturated rings. The fourth-order valence-corrected chi connectivity index (χ4v) is 6.49. The molecule has 8 heteroatoms. The van der Waals surface area contributed by atoms with Gasteiger partial charge in [-0.05, 0) is 131 Å². The predicted molar refractivity (Wildman–Crippen MR) is 180 cm³/mol. The first-order valence-electron chi connectivity index (χ1n) is 15.5. The van der Waals surface area contributed by atoms with Crippen molar-refractivity contribution in [3.05, 3.63) is 72.3 Å². The van der Waals surface area contributed by atoms with Gasteiger partial charge < -0.3 is 15.3 Å². The Morgan fingerprint density at radius 2 is 1.35 bits per heavy atom. The maximum absolute atomic E-state index is 12.4. The second kappa shape index (κ2) is 14.6. The van der Waals surface area contributed by atoms with E-state index in [1.807, 2.05) is 19.9 Å². The zero-order valence-electron chi connectivity index (χ0n) is 26.3. The van der Waals surface area contributed by atoms with Crippen molar-refractivity contribution < 1.29 is 9.59 Å². The van der Waals surface area contributed by atoms with Crippen LogP contribution in [0.1, 0.15) is 99.9 Å². The molecular weight excluding hydrogens is 579 g/mol. The van der Waals surface area contributed by atoms with Crippen LogP contribution in [0.3, 0.4) is 0 Å². The number of carbonyl (C=O) groups is 2. The van der Waals surface area contributed by atoms with Crippen LogP contribution in [0.15, 0.2) is 33.0 Å². The topological polar surface area (TPSA) is 90.1 Å². The molecule has 0 radical (unpaired) electrons. The van der Waals surface area contributed by atoms with Crippen molar-refractivity contribution >= 4 is 59.0 Å². The number of aliphatic imine (C=N–C) groups is 1. The van der Waals surface area contributed by atoms with Crippen molar-refractivity contribution in [3.63, 3.8) is 0 Å². The SMILES string of the molecule is CCC1=C(C)C(=O)N=C1/C=c1\[nH]/c(=C\c2[nH]c(/C=C3\NC(=O)C(C)=C3CC)c(C)c2CCCCCl)c(CCCCCl)c1C. The molecule has 2 amide bonds. The molecule has 230 valence electrons. The van der Waals surface area contributed by atoms with Crippen LogP contribution in [0.4, 0.5) is 0 Å². The zero-order valence-corrected chi connectivity index (χ0v) is 27.8. The molecule has 0 atom stereocenters. The largest absolute Gasteiger partial charge is 0.355 e. The standard InChI is InChI=1S/C35H44Cl2N4O2/c1-7-24-22(5)34(42)40-30(24)17-28-20(3)26(13-9-11-15-36)32(38-28)19-33-27(14-10-12-16-37)21(4)29(39-33)18-31-25(8-2)23(6)35(43)41-31/h17-19,38-39H,7-16H2,1-6H3,(H,40,42)/b29-18-,30-17-,33-19-. The number of allylic oxidation sites excluding steroid dienone is 2. The van der Waals surface area contributed by atoms with Gasteiger partial charge in [0, 0.05) is 50.7 Å². The van der Waals surface area contributed by atoms with Gasteiger partial charge >= 0.3 is 0 Å². The van der Waals surface area contributed by atoms with Gasteiger partial charge in [-0.15, -0.1) is 23.2 Å². The number of nitrogens with zero attached hydrogens (tertiary/aromatic N) is 1. The number of aromatic nitrogens is 2. The van der Waals surface area contributed by atoms with Crippen molar-refractivity contribution in [3.8, 4) is 0 Å². The number of hydrogen-bond donors (Lipinski definition) is 3. The lowest BCUT2D eigenvalue weighted by atomic mass is 10.0. The van der Waals surface area contributed by atoms with Crippen molar-refractivity contribution in [2.75, 3.05) is 11.8 Å². The summed E-state index contributed by atoms with van der Waals surface area (Å²) < 4.78 is 0. The number of rotatable bonds is 13. The molecule has 43 heavy (non-hydrogen) atoms. The van der Waals surface area contributed by atoms with Gasteiger partial charge in [0.25, 0.3) is 11.8 Å². The predicted octanol–water partition coefficient (Wildman–Crippen LogP) is 6.60. The molecule has 0 bridgehead atoms. The van der Waals surface area contributed by atoms with Crippen LogP contribution < -0.4 is 16.0 Å². The highest BCUT2D eigenvalue weighted by atomic mass is 35.5. The van der Waals surface area contributed by atoms with Gasteiger partial charge in [0.2, 0.25) is 0 Å². The lowest BCUT2D eigenvalue weighted by Gasteiger charge is -2.04. The zero-order chi connectivity index (χ0) is 31.3. The van der Waals surface area contributed by atoms with E-state index in [0.29, 0.717) is 11.8 Å². The number of H-pyrrole nitrogens is 2. The summed E-state index contributed by atoms with van der Waals surface area (Å²) in [6.07, 6.45) is 13.5. The van der Waals surface area contributed by atoms with Gasteiger partial charge in [-0.3, -0.25) is 9.59 Å². The molecule has 2 aromatic rings. The first-order valence-corrected chi connectivity index (χ1v) is 16.5. The van der Waals surface area contributed by atoms with E-state index in [0.717, 1.165) is 113 Å². The third-order valence-corrected chi connectivity index (χ3v) is 9.29. The summed E-state index contributed by atoms with van der Waals surface area (Å²) >= 11 is 12.1. The maximum atomic E-state index is 12.4. The van der Waals surface area contributed by atoms with E-state index in [-0.39, 0.29) is 11.8 Å². The van der Waals surface area contributed by atoms with Gasteiger partial charge in [0.15, 0.2) is 0 Å². The number of halogens is 2. The molecule has 2 aliphatic rings. The Labute approximate surface area is 265 Å². The Hall–Kier alpha value is -3.09. The van der Waals surface area contributed by atoms with E-state index in [9.17, 15) is 9.59 Å². The average Bonchev–Trinajstić information content (AvgIpc) is 3.62. The number of amides is 2. The highest BCUT2D eigenvalue weighted by molar-refractivity contribution is 6.30. The maximum Gasteiger partial charge on any atom is 0.273 e. The van der Waals surface area contributed by atoms with Crippen LogP contribution >= 0.6 is 23.2 Å². The van der Waals surface area contributed by atoms with Crippen molar-refractivity contribution in [2.45, 2.75) is 92.9 Å². The summed E-state index contributed by atoms with van der Waals surface area (Å²) in [5, 5.41) is 5.06. The lowest BCUT2D eigenvalue weighted by Crippen LogP contribution is -2.15. The van der Waals surface area contributed by atoms with E-state index < -0.39 is 0 Å². The fraction of sp³-hybridized carbons (Fsp3) is 0.457. The van der Waals surface area contributed by atoms with E-state index in [1.165, 1.54) is 16.7 Å². The van der Waals surface area contributed by atoms with Gasteiger partial charge in [-0.2, -0.15) is 0 Å². The molecular formula is C35H44Cl2N4O2. The molecule has 0 spiro atoms. The van der Waals surface area contributed by atoms with Crippen LogP contribution in [-0.4, -0.2) is 39.3 Å². The molecule has 4 rings (SSSR count). The lowest BCUT2D eigenvalue weighted by molar-refractivity contribution is -0.116. The Balaban J connectivity index is 1.88. The van der Waals surface area contributed by atoms with Crippen LogP contribution in [0.25, 0.3) is 18.2 Å². The summed E-state index contributed by atoms with van der Waals surface area (Å²) in [7, 11) is 0. The van der Waals surface area contributed by atoms with E-state index in [2.05, 4.69) is 60.1 Å². The quantitative estimate of drug-likeness (QED) is 0.174. The summed E-state index contributed by atoms with van der Waals surface area (Å²) in [6.45, 7) is 12.2. The van der Waals surface area contributed by atoms with Crippen LogP contribution in [-0.2, 0) is 22.4 Å². The molecule has 0 saturated carbocycles. The van der Waals surface area contributed by atoms with Crippen LogP contribution in [0.2, 0.25) is 0 Å². The number of unbranched alkanes of at least 4 members (excludes halogenated alkanes) is 2. The Morgan fingerprint density at radius 3 is 1.98 bits per heavy atom. The second-order valence-corrected chi connectivity index (χ2v) is 12.2. The molecule has 2 aliphatic heterocycles. The molecule has 0 aromatic carbocycles. The van der Waals surface area contributed by atoms with Crippen LogP contribution in [0.5, 0.6) is 0 Å². The first-order chi connectivity index (χ1) is 20.6. The number of aromatic amines is 2. The number of hydrogen-bond acceptors (Lipinski definition) is 2. The van der Waals surface area contributed by atoms with E-state index in [4.69, 9.17) is 23.2 Å². The van der Waals surface area contributed by atoms with Crippen molar-refractivity contribution in [1.82, 2.24) is 15.3 Å². The average molecular weight is 624 g/mol. The van der Waals surface area contributed by atoms with Crippen molar-refractivity contribution in [1.29, 1.82) is 0 Å². The van der Waals surface area contributed by atoms with E-state index in [1.54, 1.807) is 0 Å². The minimum atomic E-state index is -0.152. The molecule has 2 aromatic heterocycles. The second-order valence-electron chi connectivity index (χ2n) is 11.4. The Kier molecular flexibility index (Phi) is 11.1. The Bertz CT molecular complexity index is 1660. The van der Waals surface area contributed by atoms with Crippen molar-refractivity contribution in [2.24, 2.45) is 4.99 Å². The Morgan fingerprint density at radius 1 is 0.698 bits per heavy atom. The fourth-order valence-electron chi connectivity index (χ4n) is 6.11. The minimum absolute atomic E-state index is 0.0292. The first kappa shape index (κ1) is 32.8. The smallest absolute Gasteiger partial charge is 0.273 e. The number of carbonyl (C=O) groups excluding carboxylic acids is 2. The highest BCUT2D eigenvalue weighted by Gasteiger charge is 2.24. The summed E-state index contributed by atoms with van der Waals surface area (Å²) in [6, 6.07) is 0. The number of nitrogens with one attached hydrogen (secondary N) is 3. The summed E-state index contributed by atoms with van der Waals surface area (Å²) in [5.41, 5.74) is 12.0. The van der Waals surface area contributed by atoms with Gasteiger partial charge in [-0.1, -0.05) is 13.8 Å². The number of alkyl halides is 2. The summed E-state index contributed by atoms with van der Waals surface area (Å²) in [5.74, 6) is 1.09. The van der Waals surface area contributed by atoms with Gasteiger partial charge in [0.05, 0.1) is 5.71 Å².